The van der Waals surface area contributed by atoms with Gasteiger partial charge in [-0.1, -0.05) is 35.9 Å². The fourth-order valence-corrected chi connectivity index (χ4v) is 3.34. The fraction of sp³-hybridized carbons (Fsp3) is 0.316. The lowest BCUT2D eigenvalue weighted by atomic mass is 9.95. The highest BCUT2D eigenvalue weighted by Crippen LogP contribution is 2.30. The van der Waals surface area contributed by atoms with Crippen LogP contribution >= 0.6 is 24.0 Å². The van der Waals surface area contributed by atoms with Crippen molar-refractivity contribution >= 4 is 29.9 Å². The van der Waals surface area contributed by atoms with Crippen LogP contribution in [0.2, 0.25) is 5.02 Å². The molecular weight excluding hydrogens is 362 g/mol. The molecule has 0 saturated carbocycles. The summed E-state index contributed by atoms with van der Waals surface area (Å²) in [4.78, 5) is 14.6. The second-order valence-corrected chi connectivity index (χ2v) is 6.58. The molecule has 3 rings (SSSR count). The molecule has 1 amide bonds. The van der Waals surface area contributed by atoms with Gasteiger partial charge in [-0.15, -0.1) is 12.4 Å². The van der Waals surface area contributed by atoms with E-state index in [1.165, 1.54) is 12.1 Å². The lowest BCUT2D eigenvalue weighted by Crippen LogP contribution is -2.37. The Labute approximate surface area is 158 Å². The molecule has 0 radical (unpaired) electrons. The largest absolute Gasteiger partial charge is 0.334 e. The van der Waals surface area contributed by atoms with Crippen LogP contribution in [0, 0.1) is 11.7 Å². The summed E-state index contributed by atoms with van der Waals surface area (Å²) in [6.07, 6.45) is 0.847. The zero-order valence-corrected chi connectivity index (χ0v) is 15.5. The number of carbonyl (C=O) groups is 1. The van der Waals surface area contributed by atoms with Gasteiger partial charge in [0.15, 0.2) is 0 Å². The minimum absolute atomic E-state index is 0. The van der Waals surface area contributed by atoms with Gasteiger partial charge in [-0.05, 0) is 48.4 Å². The van der Waals surface area contributed by atoms with E-state index in [-0.39, 0.29) is 36.1 Å². The van der Waals surface area contributed by atoms with Crippen LogP contribution in [-0.2, 0) is 4.79 Å². The molecule has 1 aliphatic heterocycles. The first-order chi connectivity index (χ1) is 11.6. The summed E-state index contributed by atoms with van der Waals surface area (Å²) in [6.45, 7) is 1.58. The van der Waals surface area contributed by atoms with E-state index in [1.54, 1.807) is 17.0 Å². The SMILES string of the molecule is CN(C(=O)C1CCNC1)C(c1ccc(F)cc1)c1ccc(Cl)cc1.Cl. The van der Waals surface area contributed by atoms with Gasteiger partial charge in [-0.3, -0.25) is 4.79 Å². The molecule has 2 unspecified atom stereocenters. The third kappa shape index (κ3) is 4.51. The number of hydrogen-bond donors (Lipinski definition) is 1. The van der Waals surface area contributed by atoms with Crippen LogP contribution in [0.25, 0.3) is 0 Å². The van der Waals surface area contributed by atoms with E-state index in [9.17, 15) is 9.18 Å². The molecule has 1 heterocycles. The van der Waals surface area contributed by atoms with E-state index in [2.05, 4.69) is 5.32 Å². The molecule has 1 fully saturated rings. The lowest BCUT2D eigenvalue weighted by Gasteiger charge is -2.31. The number of halogens is 3. The second-order valence-electron chi connectivity index (χ2n) is 6.14. The molecule has 1 saturated heterocycles. The molecule has 0 spiro atoms. The summed E-state index contributed by atoms with van der Waals surface area (Å²) >= 11 is 5.99. The summed E-state index contributed by atoms with van der Waals surface area (Å²) in [5, 5.41) is 3.87. The molecule has 2 aromatic carbocycles. The quantitative estimate of drug-likeness (QED) is 0.864. The number of rotatable bonds is 4. The standard InChI is InChI=1S/C19H20ClFN2O.ClH/c1-23(19(24)15-10-11-22-12-15)18(13-2-6-16(20)7-3-13)14-4-8-17(21)9-5-14;/h2-9,15,18,22H,10-12H2,1H3;1H. The molecule has 134 valence electrons. The van der Waals surface area contributed by atoms with Gasteiger partial charge >= 0.3 is 0 Å². The first-order valence-corrected chi connectivity index (χ1v) is 8.42. The lowest BCUT2D eigenvalue weighted by molar-refractivity contribution is -0.135. The van der Waals surface area contributed by atoms with Gasteiger partial charge < -0.3 is 10.2 Å². The highest BCUT2D eigenvalue weighted by Gasteiger charge is 2.30. The van der Waals surface area contributed by atoms with Gasteiger partial charge in [-0.2, -0.15) is 0 Å². The summed E-state index contributed by atoms with van der Waals surface area (Å²) in [7, 11) is 1.81. The van der Waals surface area contributed by atoms with Crippen LogP contribution in [0.4, 0.5) is 4.39 Å². The highest BCUT2D eigenvalue weighted by atomic mass is 35.5. The third-order valence-corrected chi connectivity index (χ3v) is 4.77. The van der Waals surface area contributed by atoms with Crippen LogP contribution in [0.1, 0.15) is 23.6 Å². The predicted molar refractivity (Wildman–Crippen MR) is 101 cm³/mol. The van der Waals surface area contributed by atoms with Crippen molar-refractivity contribution in [2.24, 2.45) is 5.92 Å². The van der Waals surface area contributed by atoms with Crippen molar-refractivity contribution in [3.63, 3.8) is 0 Å². The maximum Gasteiger partial charge on any atom is 0.227 e. The van der Waals surface area contributed by atoms with Gasteiger partial charge in [-0.25, -0.2) is 4.39 Å². The molecular formula is C19H21Cl2FN2O. The molecule has 0 aromatic heterocycles. The molecule has 0 bridgehead atoms. The van der Waals surface area contributed by atoms with Crippen molar-refractivity contribution in [3.8, 4) is 0 Å². The minimum Gasteiger partial charge on any atom is -0.334 e. The molecule has 3 nitrogen and oxygen atoms in total. The van der Waals surface area contributed by atoms with Crippen LogP contribution in [-0.4, -0.2) is 30.9 Å². The monoisotopic (exact) mass is 382 g/mol. The van der Waals surface area contributed by atoms with Gasteiger partial charge in [0.25, 0.3) is 0 Å². The number of amides is 1. The number of carbonyl (C=O) groups excluding carboxylic acids is 1. The summed E-state index contributed by atoms with van der Waals surface area (Å²) in [5.41, 5.74) is 1.83. The Bertz CT molecular complexity index is 655. The Kier molecular flexibility index (Phi) is 6.82. The van der Waals surface area contributed by atoms with Crippen molar-refractivity contribution in [1.82, 2.24) is 10.2 Å². The predicted octanol–water partition coefficient (Wildman–Crippen LogP) is 4.06. The summed E-state index contributed by atoms with van der Waals surface area (Å²) < 4.78 is 13.3. The molecule has 0 aliphatic carbocycles. The van der Waals surface area contributed by atoms with Gasteiger partial charge in [0.2, 0.25) is 5.91 Å². The van der Waals surface area contributed by atoms with E-state index in [4.69, 9.17) is 11.6 Å². The maximum absolute atomic E-state index is 13.3. The Hall–Kier alpha value is -1.62. The highest BCUT2D eigenvalue weighted by molar-refractivity contribution is 6.30. The molecule has 1 aliphatic rings. The number of nitrogens with zero attached hydrogens (tertiary/aromatic N) is 1. The van der Waals surface area contributed by atoms with E-state index in [0.29, 0.717) is 11.6 Å². The Morgan fingerprint density at radius 2 is 1.72 bits per heavy atom. The first-order valence-electron chi connectivity index (χ1n) is 8.04. The van der Waals surface area contributed by atoms with Crippen LogP contribution < -0.4 is 5.32 Å². The van der Waals surface area contributed by atoms with Gasteiger partial charge in [0.05, 0.1) is 12.0 Å². The first kappa shape index (κ1) is 19.7. The molecule has 25 heavy (non-hydrogen) atoms. The molecule has 1 N–H and O–H groups in total. The number of nitrogens with one attached hydrogen (secondary N) is 1. The molecule has 2 atom stereocenters. The normalized spacial score (nSPS) is 17.6. The van der Waals surface area contributed by atoms with Crippen molar-refractivity contribution in [1.29, 1.82) is 0 Å². The topological polar surface area (TPSA) is 32.3 Å². The van der Waals surface area contributed by atoms with Crippen molar-refractivity contribution in [2.45, 2.75) is 12.5 Å². The Morgan fingerprint density at radius 1 is 1.16 bits per heavy atom. The third-order valence-electron chi connectivity index (χ3n) is 4.52. The zero-order chi connectivity index (χ0) is 17.1. The van der Waals surface area contributed by atoms with Crippen molar-refractivity contribution in [3.05, 3.63) is 70.5 Å². The smallest absolute Gasteiger partial charge is 0.227 e. The summed E-state index contributed by atoms with van der Waals surface area (Å²) in [5.74, 6) is -0.197. The van der Waals surface area contributed by atoms with Crippen LogP contribution in [0.15, 0.2) is 48.5 Å². The van der Waals surface area contributed by atoms with E-state index >= 15 is 0 Å². The Morgan fingerprint density at radius 3 is 2.24 bits per heavy atom. The molecule has 6 heteroatoms. The number of hydrogen-bond acceptors (Lipinski definition) is 2. The molecule has 2 aromatic rings. The average Bonchev–Trinajstić information content (AvgIpc) is 3.12. The average molecular weight is 383 g/mol. The van der Waals surface area contributed by atoms with E-state index in [1.807, 2.05) is 31.3 Å². The number of benzene rings is 2. The van der Waals surface area contributed by atoms with Gasteiger partial charge in [0.1, 0.15) is 5.82 Å². The fourth-order valence-electron chi connectivity index (χ4n) is 3.21. The zero-order valence-electron chi connectivity index (χ0n) is 13.9. The van der Waals surface area contributed by atoms with Gasteiger partial charge in [0, 0.05) is 18.6 Å². The summed E-state index contributed by atoms with van der Waals surface area (Å²) in [6, 6.07) is 13.5. The maximum atomic E-state index is 13.3. The van der Waals surface area contributed by atoms with E-state index in [0.717, 1.165) is 24.1 Å². The van der Waals surface area contributed by atoms with Crippen molar-refractivity contribution < 1.29 is 9.18 Å². The van der Waals surface area contributed by atoms with Crippen LogP contribution in [0.5, 0.6) is 0 Å². The van der Waals surface area contributed by atoms with E-state index < -0.39 is 0 Å². The second kappa shape index (κ2) is 8.65. The minimum atomic E-state index is -0.289. The van der Waals surface area contributed by atoms with Crippen molar-refractivity contribution in [2.75, 3.05) is 20.1 Å². The Balaban J connectivity index is 0.00000225. The van der Waals surface area contributed by atoms with Crippen LogP contribution in [0.3, 0.4) is 0 Å².